The molecule has 1 aliphatic heterocycles. The number of hydrogen-bond acceptors (Lipinski definition) is 3. The molecule has 20 heavy (non-hydrogen) atoms. The smallest absolute Gasteiger partial charge is 0.0341 e. The molecule has 1 aromatic rings. The van der Waals surface area contributed by atoms with Gasteiger partial charge >= 0.3 is 0 Å². The Morgan fingerprint density at radius 3 is 2.55 bits per heavy atom. The minimum atomic E-state index is 0.879. The van der Waals surface area contributed by atoms with E-state index in [4.69, 9.17) is 0 Å². The highest BCUT2D eigenvalue weighted by Crippen LogP contribution is 2.17. The molecular formula is C16H26BrN3. The first kappa shape index (κ1) is 15.8. The molecule has 1 aliphatic rings. The van der Waals surface area contributed by atoms with E-state index in [0.717, 1.165) is 23.5 Å². The summed E-state index contributed by atoms with van der Waals surface area (Å²) in [6.07, 6.45) is 2.70. The molecule has 0 bridgehead atoms. The lowest BCUT2D eigenvalue weighted by atomic mass is 9.97. The second-order valence-electron chi connectivity index (χ2n) is 5.94. The molecule has 0 atom stereocenters. The van der Waals surface area contributed by atoms with Crippen LogP contribution >= 0.6 is 15.9 Å². The van der Waals surface area contributed by atoms with Crippen molar-refractivity contribution in [2.24, 2.45) is 5.92 Å². The van der Waals surface area contributed by atoms with Crippen LogP contribution in [0.5, 0.6) is 0 Å². The Morgan fingerprint density at radius 2 is 1.90 bits per heavy atom. The third kappa shape index (κ3) is 5.43. The summed E-state index contributed by atoms with van der Waals surface area (Å²) in [5.74, 6) is 0.879. The van der Waals surface area contributed by atoms with Crippen LogP contribution in [0.15, 0.2) is 28.7 Å². The van der Waals surface area contributed by atoms with E-state index in [1.807, 2.05) is 0 Å². The molecule has 1 aromatic carbocycles. The monoisotopic (exact) mass is 339 g/mol. The molecule has 4 heteroatoms. The Bertz CT molecular complexity index is 385. The Hall–Kier alpha value is -0.580. The average molecular weight is 340 g/mol. The Labute approximate surface area is 131 Å². The fraction of sp³-hybridized carbons (Fsp3) is 0.625. The predicted octanol–water partition coefficient (Wildman–Crippen LogP) is 3.13. The lowest BCUT2D eigenvalue weighted by Gasteiger charge is -2.31. The normalized spacial score (nSPS) is 17.6. The van der Waals surface area contributed by atoms with Crippen LogP contribution in [0.3, 0.4) is 0 Å². The molecule has 1 N–H and O–H groups in total. The fourth-order valence-corrected chi connectivity index (χ4v) is 3.00. The Balaban J connectivity index is 1.62. The van der Waals surface area contributed by atoms with Crippen molar-refractivity contribution in [3.8, 4) is 0 Å². The molecule has 1 heterocycles. The number of rotatable bonds is 6. The number of halogens is 1. The Kier molecular flexibility index (Phi) is 6.33. The summed E-state index contributed by atoms with van der Waals surface area (Å²) >= 11 is 3.46. The van der Waals surface area contributed by atoms with E-state index in [0.29, 0.717) is 0 Å². The van der Waals surface area contributed by atoms with Gasteiger partial charge in [-0.1, -0.05) is 15.9 Å². The van der Waals surface area contributed by atoms with Gasteiger partial charge in [0.05, 0.1) is 0 Å². The van der Waals surface area contributed by atoms with E-state index in [9.17, 15) is 0 Å². The molecule has 0 radical (unpaired) electrons. The van der Waals surface area contributed by atoms with Gasteiger partial charge in [-0.05, 0) is 70.2 Å². The minimum absolute atomic E-state index is 0.879. The van der Waals surface area contributed by atoms with Gasteiger partial charge in [-0.3, -0.25) is 0 Å². The van der Waals surface area contributed by atoms with Crippen LogP contribution in [-0.4, -0.2) is 56.6 Å². The quantitative estimate of drug-likeness (QED) is 0.858. The third-order valence-corrected chi connectivity index (χ3v) is 4.60. The van der Waals surface area contributed by atoms with E-state index in [1.54, 1.807) is 0 Å². The number of nitrogens with zero attached hydrogens (tertiary/aromatic N) is 2. The van der Waals surface area contributed by atoms with Crippen LogP contribution in [0.25, 0.3) is 0 Å². The van der Waals surface area contributed by atoms with Gasteiger partial charge in [0.1, 0.15) is 0 Å². The number of anilines is 1. The lowest BCUT2D eigenvalue weighted by molar-refractivity contribution is 0.178. The molecule has 0 unspecified atom stereocenters. The third-order valence-electron chi connectivity index (χ3n) is 4.07. The zero-order chi connectivity index (χ0) is 14.4. The highest BCUT2D eigenvalue weighted by Gasteiger charge is 2.17. The molecule has 0 saturated carbocycles. The predicted molar refractivity (Wildman–Crippen MR) is 90.3 cm³/mol. The minimum Gasteiger partial charge on any atom is -0.384 e. The van der Waals surface area contributed by atoms with Crippen LogP contribution in [0, 0.1) is 5.92 Å². The highest BCUT2D eigenvalue weighted by molar-refractivity contribution is 9.10. The number of piperidine rings is 1. The SMILES string of the molecule is CN1CCC(CN(C)CCNc2ccc(Br)cc2)CC1. The second-order valence-corrected chi connectivity index (χ2v) is 6.86. The van der Waals surface area contributed by atoms with Gasteiger partial charge in [0.2, 0.25) is 0 Å². The standard InChI is InChI=1S/C16H26BrN3/c1-19-10-7-14(8-11-19)13-20(2)12-9-18-16-5-3-15(17)4-6-16/h3-6,14,18H,7-13H2,1-2H3. The molecule has 0 spiro atoms. The summed E-state index contributed by atoms with van der Waals surface area (Å²) in [5.41, 5.74) is 1.20. The van der Waals surface area contributed by atoms with Crippen molar-refractivity contribution in [3.63, 3.8) is 0 Å². The summed E-state index contributed by atoms with van der Waals surface area (Å²) in [7, 11) is 4.46. The molecule has 0 aliphatic carbocycles. The fourth-order valence-electron chi connectivity index (χ4n) is 2.74. The van der Waals surface area contributed by atoms with Crippen molar-refractivity contribution >= 4 is 21.6 Å². The number of benzene rings is 1. The van der Waals surface area contributed by atoms with E-state index < -0.39 is 0 Å². The zero-order valence-corrected chi connectivity index (χ0v) is 14.2. The van der Waals surface area contributed by atoms with Crippen molar-refractivity contribution in [2.75, 3.05) is 52.1 Å². The number of likely N-dealkylation sites (tertiary alicyclic amines) is 1. The maximum Gasteiger partial charge on any atom is 0.0341 e. The van der Waals surface area contributed by atoms with Crippen molar-refractivity contribution in [3.05, 3.63) is 28.7 Å². The number of likely N-dealkylation sites (N-methyl/N-ethyl adjacent to an activating group) is 1. The summed E-state index contributed by atoms with van der Waals surface area (Å²) in [5, 5.41) is 3.48. The van der Waals surface area contributed by atoms with Crippen molar-refractivity contribution in [2.45, 2.75) is 12.8 Å². The maximum atomic E-state index is 3.48. The summed E-state index contributed by atoms with van der Waals surface area (Å²) < 4.78 is 1.13. The summed E-state index contributed by atoms with van der Waals surface area (Å²) in [6, 6.07) is 8.37. The second kappa shape index (κ2) is 8.01. The first-order valence-electron chi connectivity index (χ1n) is 7.50. The topological polar surface area (TPSA) is 18.5 Å². The van der Waals surface area contributed by atoms with Crippen LogP contribution < -0.4 is 5.32 Å². The van der Waals surface area contributed by atoms with Crippen LogP contribution in [-0.2, 0) is 0 Å². The first-order valence-corrected chi connectivity index (χ1v) is 8.29. The van der Waals surface area contributed by atoms with Gasteiger partial charge in [-0.2, -0.15) is 0 Å². The van der Waals surface area contributed by atoms with Gasteiger partial charge in [-0.25, -0.2) is 0 Å². The Morgan fingerprint density at radius 1 is 1.25 bits per heavy atom. The molecule has 3 nitrogen and oxygen atoms in total. The lowest BCUT2D eigenvalue weighted by Crippen LogP contribution is -2.37. The molecule has 1 fully saturated rings. The first-order chi connectivity index (χ1) is 9.63. The summed E-state index contributed by atoms with van der Waals surface area (Å²) in [4.78, 5) is 4.90. The maximum absolute atomic E-state index is 3.48. The van der Waals surface area contributed by atoms with Crippen molar-refractivity contribution < 1.29 is 0 Å². The van der Waals surface area contributed by atoms with Crippen LogP contribution in [0.1, 0.15) is 12.8 Å². The van der Waals surface area contributed by atoms with Crippen molar-refractivity contribution in [1.29, 1.82) is 0 Å². The van der Waals surface area contributed by atoms with E-state index >= 15 is 0 Å². The largest absolute Gasteiger partial charge is 0.384 e. The van der Waals surface area contributed by atoms with Gasteiger partial charge < -0.3 is 15.1 Å². The van der Waals surface area contributed by atoms with Gasteiger partial charge in [-0.15, -0.1) is 0 Å². The van der Waals surface area contributed by atoms with Gasteiger partial charge in [0.25, 0.3) is 0 Å². The summed E-state index contributed by atoms with van der Waals surface area (Å²) in [6.45, 7) is 5.86. The van der Waals surface area contributed by atoms with E-state index in [1.165, 1.54) is 38.2 Å². The number of nitrogens with one attached hydrogen (secondary N) is 1. The molecule has 1 saturated heterocycles. The van der Waals surface area contributed by atoms with Gasteiger partial charge in [0, 0.05) is 29.8 Å². The zero-order valence-electron chi connectivity index (χ0n) is 12.6. The van der Waals surface area contributed by atoms with Gasteiger partial charge in [0.15, 0.2) is 0 Å². The highest BCUT2D eigenvalue weighted by atomic mass is 79.9. The molecule has 2 rings (SSSR count). The van der Waals surface area contributed by atoms with Crippen molar-refractivity contribution in [1.82, 2.24) is 9.80 Å². The van der Waals surface area contributed by atoms with Crippen LogP contribution in [0.4, 0.5) is 5.69 Å². The van der Waals surface area contributed by atoms with E-state index in [2.05, 4.69) is 69.4 Å². The van der Waals surface area contributed by atoms with Crippen LogP contribution in [0.2, 0.25) is 0 Å². The average Bonchev–Trinajstić information content (AvgIpc) is 2.44. The molecule has 0 aromatic heterocycles. The van der Waals surface area contributed by atoms with E-state index in [-0.39, 0.29) is 0 Å². The molecular weight excluding hydrogens is 314 g/mol. The number of hydrogen-bond donors (Lipinski definition) is 1. The molecule has 0 amide bonds. The molecule has 112 valence electrons.